The van der Waals surface area contributed by atoms with Crippen molar-refractivity contribution in [2.24, 2.45) is 0 Å². The van der Waals surface area contributed by atoms with Gasteiger partial charge in [-0.25, -0.2) is 8.42 Å². The molecule has 0 aliphatic heterocycles. The first kappa shape index (κ1) is 10.9. The molecule has 0 amide bonds. The van der Waals surface area contributed by atoms with Gasteiger partial charge in [-0.2, -0.15) is 0 Å². The summed E-state index contributed by atoms with van der Waals surface area (Å²) in [6.07, 6.45) is 0. The van der Waals surface area contributed by atoms with E-state index in [4.69, 9.17) is 0 Å². The average molecular weight is 213 g/mol. The van der Waals surface area contributed by atoms with Gasteiger partial charge in [-0.15, -0.1) is 0 Å². The zero-order valence-electron chi connectivity index (χ0n) is 7.77. The first-order valence-corrected chi connectivity index (χ1v) is 5.30. The van der Waals surface area contributed by atoms with E-state index >= 15 is 0 Å². The number of benzene rings is 1. The van der Waals surface area contributed by atoms with Gasteiger partial charge in [-0.1, -0.05) is 6.07 Å². The van der Waals surface area contributed by atoms with E-state index in [0.29, 0.717) is 5.56 Å². The quantitative estimate of drug-likeness (QED) is 0.544. The Morgan fingerprint density at radius 1 is 1.36 bits per heavy atom. The van der Waals surface area contributed by atoms with E-state index in [1.165, 1.54) is 19.1 Å². The Bertz CT molecular complexity index is 474. The highest BCUT2D eigenvalue weighted by Crippen LogP contribution is 2.17. The number of rotatable bonds is 2. The summed E-state index contributed by atoms with van der Waals surface area (Å²) < 4.78 is 32.4. The highest BCUT2D eigenvalue weighted by molar-refractivity contribution is 7.85. The second-order valence-corrected chi connectivity index (χ2v) is 4.36. The van der Waals surface area contributed by atoms with Gasteiger partial charge in [-0.05, 0) is 31.5 Å². The summed E-state index contributed by atoms with van der Waals surface area (Å²) in [7, 11) is -4.57. The van der Waals surface area contributed by atoms with E-state index in [1.807, 2.05) is 0 Å². The Kier molecular flexibility index (Phi) is 2.73. The molecule has 76 valence electrons. The van der Waals surface area contributed by atoms with Gasteiger partial charge in [0.2, 0.25) is 0 Å². The molecule has 0 aliphatic rings. The van der Waals surface area contributed by atoms with Crippen LogP contribution in [0, 0.1) is 6.92 Å². The summed E-state index contributed by atoms with van der Waals surface area (Å²) in [5.41, 5.74) is 0.579. The lowest BCUT2D eigenvalue weighted by molar-refractivity contribution is 0.101. The molecule has 0 radical (unpaired) electrons. The van der Waals surface area contributed by atoms with Crippen LogP contribution in [0.15, 0.2) is 23.1 Å². The lowest BCUT2D eigenvalue weighted by atomic mass is 10.1. The molecule has 1 aromatic carbocycles. The molecule has 0 N–H and O–H groups in total. The topological polar surface area (TPSA) is 74.3 Å². The van der Waals surface area contributed by atoms with Gasteiger partial charge in [0, 0.05) is 5.56 Å². The average Bonchev–Trinajstić information content (AvgIpc) is 2.01. The lowest BCUT2D eigenvalue weighted by Crippen LogP contribution is -2.06. The van der Waals surface area contributed by atoms with Crippen LogP contribution in [0.1, 0.15) is 22.8 Å². The SMILES string of the molecule is CC(=O)c1ccc(C)cc1S(=O)(=O)[O-]. The summed E-state index contributed by atoms with van der Waals surface area (Å²) in [5, 5.41) is 0. The van der Waals surface area contributed by atoms with Gasteiger partial charge in [0.1, 0.15) is 10.1 Å². The maximum absolute atomic E-state index is 11.0. The second kappa shape index (κ2) is 3.51. The van der Waals surface area contributed by atoms with Crippen LogP contribution in [0.3, 0.4) is 0 Å². The minimum absolute atomic E-state index is 0.0504. The van der Waals surface area contributed by atoms with Crippen molar-refractivity contribution < 1.29 is 17.8 Å². The zero-order chi connectivity index (χ0) is 10.9. The number of carbonyl (C=O) groups is 1. The number of aryl methyl sites for hydroxylation is 1. The summed E-state index contributed by atoms with van der Waals surface area (Å²) in [5.74, 6) is -0.431. The van der Waals surface area contributed by atoms with Crippen LogP contribution in [-0.4, -0.2) is 18.8 Å². The predicted molar refractivity (Wildman–Crippen MR) is 49.1 cm³/mol. The first-order chi connectivity index (χ1) is 6.32. The number of hydrogen-bond acceptors (Lipinski definition) is 4. The van der Waals surface area contributed by atoms with E-state index in [0.717, 1.165) is 0 Å². The summed E-state index contributed by atoms with van der Waals surface area (Å²) in [4.78, 5) is 10.6. The van der Waals surface area contributed by atoms with Crippen LogP contribution < -0.4 is 0 Å². The van der Waals surface area contributed by atoms with Crippen LogP contribution in [0.4, 0.5) is 0 Å². The van der Waals surface area contributed by atoms with Crippen LogP contribution in [0.25, 0.3) is 0 Å². The monoisotopic (exact) mass is 213 g/mol. The third kappa shape index (κ3) is 2.18. The largest absolute Gasteiger partial charge is 0.744 e. The molecule has 1 aromatic rings. The second-order valence-electron chi connectivity index (χ2n) is 3.01. The zero-order valence-corrected chi connectivity index (χ0v) is 8.59. The van der Waals surface area contributed by atoms with E-state index in [1.54, 1.807) is 13.0 Å². The molecule has 0 aromatic heterocycles. The van der Waals surface area contributed by atoms with Crippen molar-refractivity contribution in [3.05, 3.63) is 29.3 Å². The Labute approximate surface area is 82.3 Å². The van der Waals surface area contributed by atoms with Crippen LogP contribution >= 0.6 is 0 Å². The molecule has 1 rings (SSSR count). The van der Waals surface area contributed by atoms with Crippen molar-refractivity contribution in [1.29, 1.82) is 0 Å². The molecule has 0 bridgehead atoms. The molecular formula is C9H9O4S-. The summed E-state index contributed by atoms with van der Waals surface area (Å²) in [6, 6.07) is 4.15. The van der Waals surface area contributed by atoms with Gasteiger partial charge >= 0.3 is 0 Å². The molecule has 0 heterocycles. The fourth-order valence-electron chi connectivity index (χ4n) is 1.13. The molecule has 0 saturated carbocycles. The van der Waals surface area contributed by atoms with E-state index in [2.05, 4.69) is 0 Å². The van der Waals surface area contributed by atoms with Gasteiger partial charge in [0.15, 0.2) is 5.78 Å². The van der Waals surface area contributed by atoms with Crippen molar-refractivity contribution in [2.75, 3.05) is 0 Å². The Morgan fingerprint density at radius 2 is 1.93 bits per heavy atom. The molecule has 4 nitrogen and oxygen atoms in total. The molecule has 0 spiro atoms. The standard InChI is InChI=1S/C9H10O4S/c1-6-3-4-8(7(2)10)9(5-6)14(11,12)13/h3-5H,1-2H3,(H,11,12,13)/p-1. The van der Waals surface area contributed by atoms with Gasteiger partial charge in [0.05, 0.1) is 4.90 Å². The van der Waals surface area contributed by atoms with Crippen molar-refractivity contribution >= 4 is 15.9 Å². The lowest BCUT2D eigenvalue weighted by Gasteiger charge is -2.11. The maximum atomic E-state index is 11.0. The summed E-state index contributed by atoms with van der Waals surface area (Å²) >= 11 is 0. The third-order valence-electron chi connectivity index (χ3n) is 1.79. The molecule has 0 unspecified atom stereocenters. The maximum Gasteiger partial charge on any atom is 0.161 e. The van der Waals surface area contributed by atoms with Crippen molar-refractivity contribution in [1.82, 2.24) is 0 Å². The number of hydrogen-bond donors (Lipinski definition) is 0. The smallest absolute Gasteiger partial charge is 0.161 e. The van der Waals surface area contributed by atoms with Crippen LogP contribution in [0.5, 0.6) is 0 Å². The van der Waals surface area contributed by atoms with Crippen LogP contribution in [-0.2, 0) is 10.1 Å². The van der Waals surface area contributed by atoms with Gasteiger partial charge in [0.25, 0.3) is 0 Å². The molecule has 0 saturated heterocycles. The van der Waals surface area contributed by atoms with E-state index < -0.39 is 20.8 Å². The molecular weight excluding hydrogens is 204 g/mol. The normalized spacial score (nSPS) is 11.4. The molecule has 0 fully saturated rings. The minimum atomic E-state index is -4.57. The van der Waals surface area contributed by atoms with E-state index in [9.17, 15) is 17.8 Å². The highest BCUT2D eigenvalue weighted by atomic mass is 32.2. The Morgan fingerprint density at radius 3 is 2.36 bits per heavy atom. The number of carbonyl (C=O) groups excluding carboxylic acids is 1. The third-order valence-corrected chi connectivity index (χ3v) is 2.66. The van der Waals surface area contributed by atoms with Crippen molar-refractivity contribution in [2.45, 2.75) is 18.7 Å². The van der Waals surface area contributed by atoms with E-state index in [-0.39, 0.29) is 5.56 Å². The Balaban J connectivity index is 3.54. The molecule has 14 heavy (non-hydrogen) atoms. The predicted octanol–water partition coefficient (Wildman–Crippen LogP) is 1.10. The minimum Gasteiger partial charge on any atom is -0.744 e. The van der Waals surface area contributed by atoms with Crippen molar-refractivity contribution in [3.63, 3.8) is 0 Å². The first-order valence-electron chi connectivity index (χ1n) is 3.90. The molecule has 0 atom stereocenters. The Hall–Kier alpha value is -1.20. The highest BCUT2D eigenvalue weighted by Gasteiger charge is 2.12. The van der Waals surface area contributed by atoms with Gasteiger partial charge in [-0.3, -0.25) is 4.79 Å². The fourth-order valence-corrected chi connectivity index (χ4v) is 1.94. The summed E-state index contributed by atoms with van der Waals surface area (Å²) in [6.45, 7) is 2.87. The van der Waals surface area contributed by atoms with Gasteiger partial charge < -0.3 is 4.55 Å². The fraction of sp³-hybridized carbons (Fsp3) is 0.222. The molecule has 5 heteroatoms. The van der Waals surface area contributed by atoms with Crippen LogP contribution in [0.2, 0.25) is 0 Å². The number of Topliss-reactive ketones (excluding diaryl/α,β-unsaturated/α-hetero) is 1. The molecule has 0 aliphatic carbocycles. The number of ketones is 1. The van der Waals surface area contributed by atoms with Crippen molar-refractivity contribution in [3.8, 4) is 0 Å².